The average Bonchev–Trinajstić information content (AvgIpc) is 3.06. The van der Waals surface area contributed by atoms with Crippen molar-refractivity contribution in [3.05, 3.63) is 58.4 Å². The van der Waals surface area contributed by atoms with Gasteiger partial charge in [0.05, 0.1) is 18.6 Å². The van der Waals surface area contributed by atoms with Crippen molar-refractivity contribution < 1.29 is 26.7 Å². The van der Waals surface area contributed by atoms with Crippen molar-refractivity contribution in [3.63, 3.8) is 0 Å². The molecule has 0 unspecified atom stereocenters. The van der Waals surface area contributed by atoms with E-state index in [0.717, 1.165) is 18.5 Å². The van der Waals surface area contributed by atoms with Crippen molar-refractivity contribution in [2.24, 2.45) is 0 Å². The van der Waals surface area contributed by atoms with Crippen LogP contribution in [0.25, 0.3) is 5.65 Å². The molecule has 30 heavy (non-hydrogen) atoms. The lowest BCUT2D eigenvalue weighted by atomic mass is 10.2. The second kappa shape index (κ2) is 8.22. The topological polar surface area (TPSA) is 112 Å². The van der Waals surface area contributed by atoms with Crippen molar-refractivity contribution in [2.75, 3.05) is 24.4 Å². The summed E-state index contributed by atoms with van der Waals surface area (Å²) in [5.74, 6) is -0.728. The predicted molar refractivity (Wildman–Crippen MR) is 105 cm³/mol. The molecule has 3 rings (SSSR count). The Morgan fingerprint density at radius 1 is 1.33 bits per heavy atom. The molecule has 1 amide bonds. The Labute approximate surface area is 169 Å². The number of pyridine rings is 2. The van der Waals surface area contributed by atoms with Gasteiger partial charge in [0.15, 0.2) is 0 Å². The normalized spacial score (nSPS) is 11.8. The molecule has 3 heterocycles. The number of aryl methyl sites for hydroxylation is 1. The van der Waals surface area contributed by atoms with Crippen LogP contribution in [0.1, 0.15) is 22.6 Å². The fourth-order valence-corrected chi connectivity index (χ4v) is 3.35. The van der Waals surface area contributed by atoms with E-state index in [4.69, 9.17) is 4.74 Å². The molecule has 0 saturated carbocycles. The van der Waals surface area contributed by atoms with Crippen molar-refractivity contribution >= 4 is 27.1 Å². The van der Waals surface area contributed by atoms with Crippen LogP contribution in [-0.2, 0) is 16.3 Å². The molecule has 12 heteroatoms. The number of halogens is 2. The summed E-state index contributed by atoms with van der Waals surface area (Å²) in [6.07, 6.45) is 5.30. The third-order valence-corrected chi connectivity index (χ3v) is 5.18. The van der Waals surface area contributed by atoms with Crippen molar-refractivity contribution in [3.8, 4) is 5.75 Å². The Morgan fingerprint density at radius 2 is 2.07 bits per heavy atom. The van der Waals surface area contributed by atoms with Gasteiger partial charge in [-0.1, -0.05) is 0 Å². The van der Waals surface area contributed by atoms with E-state index >= 15 is 0 Å². The number of alkyl halides is 2. The van der Waals surface area contributed by atoms with E-state index < -0.39 is 33.4 Å². The van der Waals surface area contributed by atoms with E-state index in [0.29, 0.717) is 11.3 Å². The van der Waals surface area contributed by atoms with E-state index in [1.807, 2.05) is 0 Å². The number of methoxy groups -OCH3 is 1. The van der Waals surface area contributed by atoms with Crippen LogP contribution in [0.15, 0.2) is 41.6 Å². The van der Waals surface area contributed by atoms with E-state index in [-0.39, 0.29) is 28.2 Å². The molecule has 0 bridgehead atoms. The molecule has 0 aliphatic heterocycles. The van der Waals surface area contributed by atoms with E-state index in [2.05, 4.69) is 10.3 Å². The number of imidazole rings is 1. The van der Waals surface area contributed by atoms with Crippen LogP contribution in [0.5, 0.6) is 5.75 Å². The van der Waals surface area contributed by atoms with Crippen LogP contribution in [-0.4, -0.2) is 47.4 Å². The number of carbonyl (C=O) groups excluding carboxylic acids is 1. The van der Waals surface area contributed by atoms with Gasteiger partial charge in [-0.25, -0.2) is 13.4 Å². The third-order valence-electron chi connectivity index (χ3n) is 4.23. The monoisotopic (exact) mass is 440 g/mol. The second-order valence-electron chi connectivity index (χ2n) is 6.50. The maximum Gasteiger partial charge on any atom is 0.321 e. The zero-order valence-corrected chi connectivity index (χ0v) is 16.8. The van der Waals surface area contributed by atoms with Crippen LogP contribution < -0.4 is 15.6 Å². The molecule has 0 saturated heterocycles. The van der Waals surface area contributed by atoms with Gasteiger partial charge in [0.25, 0.3) is 11.5 Å². The minimum absolute atomic E-state index is 0.0674. The summed E-state index contributed by atoms with van der Waals surface area (Å²) in [6, 6.07) is 3.83. The molecule has 3 aromatic rings. The maximum atomic E-state index is 12.9. The Morgan fingerprint density at radius 3 is 2.70 bits per heavy atom. The van der Waals surface area contributed by atoms with Gasteiger partial charge in [0.2, 0.25) is 0 Å². The number of fused-ring (bicyclic) bond motifs is 1. The van der Waals surface area contributed by atoms with Gasteiger partial charge in [-0.2, -0.15) is 8.78 Å². The molecule has 0 radical (unpaired) electrons. The number of carbonyl (C=O) groups is 1. The van der Waals surface area contributed by atoms with Gasteiger partial charge in [-0.15, -0.1) is 0 Å². The lowest BCUT2D eigenvalue weighted by molar-refractivity contribution is 0.0659. The first kappa shape index (κ1) is 21.4. The average molecular weight is 440 g/mol. The number of nitrogens with one attached hydrogen (secondary N) is 1. The van der Waals surface area contributed by atoms with Crippen LogP contribution >= 0.6 is 0 Å². The van der Waals surface area contributed by atoms with E-state index in [9.17, 15) is 26.8 Å². The van der Waals surface area contributed by atoms with Crippen molar-refractivity contribution in [1.82, 2.24) is 14.0 Å². The zero-order chi connectivity index (χ0) is 22.1. The van der Waals surface area contributed by atoms with Crippen LogP contribution in [0, 0.1) is 0 Å². The molecule has 160 valence electrons. The summed E-state index contributed by atoms with van der Waals surface area (Å²) in [6.45, 7) is -3.08. The minimum Gasteiger partial charge on any atom is -0.494 e. The highest BCUT2D eigenvalue weighted by atomic mass is 32.2. The number of amides is 1. The van der Waals surface area contributed by atoms with Crippen LogP contribution in [0.2, 0.25) is 0 Å². The summed E-state index contributed by atoms with van der Waals surface area (Å²) in [4.78, 5) is 28.9. The lowest BCUT2D eigenvalue weighted by Gasteiger charge is -2.11. The fraction of sp³-hybridized carbons (Fsp3) is 0.278. The van der Waals surface area contributed by atoms with Gasteiger partial charge in [0, 0.05) is 37.3 Å². The van der Waals surface area contributed by atoms with Crippen LogP contribution in [0.4, 0.5) is 14.5 Å². The molecule has 1 N–H and O–H groups in total. The number of hydrogen-bond acceptors (Lipinski definition) is 6. The summed E-state index contributed by atoms with van der Waals surface area (Å²) < 4.78 is 55.4. The number of hydrogen-bond donors (Lipinski definition) is 1. The van der Waals surface area contributed by atoms with Crippen molar-refractivity contribution in [1.29, 1.82) is 0 Å². The summed E-state index contributed by atoms with van der Waals surface area (Å²) in [5, 5.41) is 2.48. The lowest BCUT2D eigenvalue weighted by Crippen LogP contribution is -2.29. The quantitative estimate of drug-likeness (QED) is 0.599. The number of nitrogens with zero attached hydrogens (tertiary/aromatic N) is 3. The Balaban J connectivity index is 1.93. The largest absolute Gasteiger partial charge is 0.494 e. The molecular formula is C18H18F2N4O5S. The van der Waals surface area contributed by atoms with Crippen LogP contribution in [0.3, 0.4) is 0 Å². The van der Waals surface area contributed by atoms with Crippen molar-refractivity contribution in [2.45, 2.75) is 13.0 Å². The highest BCUT2D eigenvalue weighted by Crippen LogP contribution is 2.26. The van der Waals surface area contributed by atoms with E-state index in [1.165, 1.54) is 25.4 Å². The van der Waals surface area contributed by atoms with E-state index in [1.54, 1.807) is 10.6 Å². The molecule has 0 aliphatic rings. The standard InChI is InChI=1S/C18H18F2N4O5S/c1-29-14-8-15-21-11(5-7-30(2,27)28)9-23(15)10-13(14)22-16(25)12-4-3-6-24(17(12)26)18(19)20/h3-4,6,8-10,18H,5,7H2,1-2H3,(H,22,25). The summed E-state index contributed by atoms with van der Waals surface area (Å²) in [7, 11) is -1.79. The van der Waals surface area contributed by atoms with Gasteiger partial charge < -0.3 is 14.5 Å². The first-order valence-corrected chi connectivity index (χ1v) is 10.7. The molecule has 0 aromatic carbocycles. The number of ether oxygens (including phenoxy) is 1. The smallest absolute Gasteiger partial charge is 0.321 e. The Kier molecular flexibility index (Phi) is 5.87. The molecule has 0 fully saturated rings. The second-order valence-corrected chi connectivity index (χ2v) is 8.76. The molecule has 0 atom stereocenters. The number of aromatic nitrogens is 3. The molecule has 0 spiro atoms. The molecular weight excluding hydrogens is 422 g/mol. The minimum atomic E-state index is -3.16. The molecule has 3 aromatic heterocycles. The van der Waals surface area contributed by atoms with Gasteiger partial charge in [-0.05, 0) is 12.1 Å². The number of rotatable bonds is 7. The predicted octanol–water partition coefficient (Wildman–Crippen LogP) is 1.74. The highest BCUT2D eigenvalue weighted by Gasteiger charge is 2.18. The van der Waals surface area contributed by atoms with Gasteiger partial charge in [-0.3, -0.25) is 14.2 Å². The Hall–Kier alpha value is -3.28. The summed E-state index contributed by atoms with van der Waals surface area (Å²) in [5.41, 5.74) is -0.439. The molecule has 9 nitrogen and oxygen atoms in total. The fourth-order valence-electron chi connectivity index (χ4n) is 2.77. The first-order valence-electron chi connectivity index (χ1n) is 8.63. The highest BCUT2D eigenvalue weighted by molar-refractivity contribution is 7.90. The number of sulfone groups is 1. The first-order chi connectivity index (χ1) is 14.1. The number of anilines is 1. The SMILES string of the molecule is COc1cc2nc(CCS(C)(=O)=O)cn2cc1NC(=O)c1cccn(C(F)F)c1=O. The third kappa shape index (κ3) is 4.64. The summed E-state index contributed by atoms with van der Waals surface area (Å²) >= 11 is 0. The zero-order valence-electron chi connectivity index (χ0n) is 16.0. The Bertz CT molecular complexity index is 1270. The van der Waals surface area contributed by atoms with Gasteiger partial charge >= 0.3 is 6.55 Å². The maximum absolute atomic E-state index is 12.9. The molecule has 0 aliphatic carbocycles. The van der Waals surface area contributed by atoms with Gasteiger partial charge in [0.1, 0.15) is 32.5 Å².